The first-order valence-corrected chi connectivity index (χ1v) is 11.3. The molecule has 6 nitrogen and oxygen atoms in total. The molecule has 4 heterocycles. The van der Waals surface area contributed by atoms with Crippen LogP contribution >= 0.6 is 11.3 Å². The number of anilines is 1. The molecule has 2 fully saturated rings. The van der Waals surface area contributed by atoms with E-state index in [0.29, 0.717) is 50.8 Å². The second kappa shape index (κ2) is 7.81. The van der Waals surface area contributed by atoms with Gasteiger partial charge in [-0.15, -0.1) is 11.3 Å². The largest absolute Gasteiger partial charge is 0.417 e. The fraction of sp³-hybridized carbons (Fsp3) is 0.476. The van der Waals surface area contributed by atoms with Crippen LogP contribution in [0.2, 0.25) is 0 Å². The van der Waals surface area contributed by atoms with Crippen LogP contribution < -0.4 is 4.90 Å². The van der Waals surface area contributed by atoms with E-state index in [0.717, 1.165) is 28.6 Å². The van der Waals surface area contributed by atoms with Crippen molar-refractivity contribution in [2.24, 2.45) is 0 Å². The smallest absolute Gasteiger partial charge is 0.353 e. The van der Waals surface area contributed by atoms with Crippen molar-refractivity contribution in [1.82, 2.24) is 19.3 Å². The van der Waals surface area contributed by atoms with E-state index in [2.05, 4.69) is 25.9 Å². The second-order valence-electron chi connectivity index (χ2n) is 8.09. The van der Waals surface area contributed by atoms with Crippen molar-refractivity contribution >= 4 is 28.0 Å². The maximum atomic E-state index is 12.7. The number of pyridine rings is 1. The van der Waals surface area contributed by atoms with Crippen LogP contribution in [0.25, 0.3) is 4.96 Å². The van der Waals surface area contributed by atoms with Gasteiger partial charge < -0.3 is 9.80 Å². The molecule has 0 N–H and O–H groups in total. The molecule has 1 saturated heterocycles. The lowest BCUT2D eigenvalue weighted by molar-refractivity contribution is -0.137. The van der Waals surface area contributed by atoms with E-state index in [1.165, 1.54) is 18.9 Å². The summed E-state index contributed by atoms with van der Waals surface area (Å²) in [5.41, 5.74) is 1.52. The summed E-state index contributed by atoms with van der Waals surface area (Å²) in [6.45, 7) is 2.19. The summed E-state index contributed by atoms with van der Waals surface area (Å²) in [6, 6.07) is 2.44. The third kappa shape index (κ3) is 4.26. The third-order valence-electron chi connectivity index (χ3n) is 5.92. The summed E-state index contributed by atoms with van der Waals surface area (Å²) in [4.78, 5) is 26.1. The van der Waals surface area contributed by atoms with Crippen LogP contribution in [0.15, 0.2) is 29.9 Å². The molecule has 1 aliphatic heterocycles. The highest BCUT2D eigenvalue weighted by molar-refractivity contribution is 7.15. The van der Waals surface area contributed by atoms with Gasteiger partial charge in [-0.2, -0.15) is 13.2 Å². The Kier molecular flexibility index (Phi) is 5.11. The molecule has 0 atom stereocenters. The van der Waals surface area contributed by atoms with Crippen LogP contribution in [0.4, 0.5) is 19.0 Å². The van der Waals surface area contributed by atoms with Crippen molar-refractivity contribution in [1.29, 1.82) is 0 Å². The lowest BCUT2D eigenvalue weighted by Crippen LogP contribution is -2.49. The minimum absolute atomic E-state index is 0.0990. The van der Waals surface area contributed by atoms with E-state index in [1.54, 1.807) is 11.3 Å². The van der Waals surface area contributed by atoms with Crippen molar-refractivity contribution in [2.45, 2.75) is 37.8 Å². The highest BCUT2D eigenvalue weighted by Crippen LogP contribution is 2.40. The molecule has 1 saturated carbocycles. The Morgan fingerprint density at radius 3 is 2.58 bits per heavy atom. The molecule has 164 valence electrons. The van der Waals surface area contributed by atoms with E-state index in [1.807, 2.05) is 9.80 Å². The van der Waals surface area contributed by atoms with Crippen LogP contribution in [0.5, 0.6) is 0 Å². The van der Waals surface area contributed by atoms with E-state index in [9.17, 15) is 18.0 Å². The number of rotatable bonds is 5. The zero-order valence-electron chi connectivity index (χ0n) is 16.8. The van der Waals surface area contributed by atoms with Crippen molar-refractivity contribution in [3.05, 3.63) is 46.9 Å². The van der Waals surface area contributed by atoms with Crippen LogP contribution in [0, 0.1) is 0 Å². The maximum Gasteiger partial charge on any atom is 0.417 e. The number of imidazole rings is 1. The first-order valence-electron chi connectivity index (χ1n) is 10.4. The van der Waals surface area contributed by atoms with E-state index in [-0.39, 0.29) is 5.91 Å². The van der Waals surface area contributed by atoms with Gasteiger partial charge in [0, 0.05) is 62.0 Å². The molecule has 2 aliphatic rings. The van der Waals surface area contributed by atoms with Gasteiger partial charge in [0.1, 0.15) is 5.82 Å². The number of nitrogens with zero attached hydrogens (tertiary/aromatic N) is 5. The number of amides is 1. The molecule has 0 bridgehead atoms. The number of aryl methyl sites for hydroxylation is 1. The van der Waals surface area contributed by atoms with Crippen molar-refractivity contribution in [3.63, 3.8) is 0 Å². The van der Waals surface area contributed by atoms with Gasteiger partial charge in [-0.25, -0.2) is 9.97 Å². The molecule has 3 aromatic rings. The van der Waals surface area contributed by atoms with Gasteiger partial charge >= 0.3 is 6.18 Å². The number of carbonyl (C=O) groups is 1. The Hall–Kier alpha value is -2.62. The van der Waals surface area contributed by atoms with Crippen LogP contribution in [0.1, 0.15) is 42.1 Å². The van der Waals surface area contributed by atoms with Gasteiger partial charge in [0.05, 0.1) is 11.3 Å². The Balaban J connectivity index is 1.14. The zero-order valence-corrected chi connectivity index (χ0v) is 17.6. The molecule has 31 heavy (non-hydrogen) atoms. The summed E-state index contributed by atoms with van der Waals surface area (Å²) in [7, 11) is 0. The fourth-order valence-corrected chi connectivity index (χ4v) is 4.84. The maximum absolute atomic E-state index is 12.7. The fourth-order valence-electron chi connectivity index (χ4n) is 3.92. The normalized spacial score (nSPS) is 17.5. The van der Waals surface area contributed by atoms with Gasteiger partial charge in [0.15, 0.2) is 4.96 Å². The molecule has 10 heteroatoms. The number of hydrogen-bond donors (Lipinski definition) is 0. The number of thiazole rings is 1. The number of halogens is 3. The lowest BCUT2D eigenvalue weighted by atomic mass is 10.2. The molecule has 0 radical (unpaired) electrons. The number of carbonyl (C=O) groups excluding carboxylic acids is 1. The van der Waals surface area contributed by atoms with Crippen molar-refractivity contribution in [2.75, 3.05) is 31.1 Å². The first kappa shape index (κ1) is 20.3. The summed E-state index contributed by atoms with van der Waals surface area (Å²) in [5.74, 6) is 1.21. The number of hydrogen-bond acceptors (Lipinski definition) is 5. The third-order valence-corrected chi connectivity index (χ3v) is 6.81. The molecule has 5 rings (SSSR count). The Morgan fingerprint density at radius 1 is 1.16 bits per heavy atom. The topological polar surface area (TPSA) is 53.7 Å². The molecule has 0 unspecified atom stereocenters. The standard InChI is InChI=1S/C21H22F3N5OS/c22-21(23,24)15-3-5-18(25-11-15)27-7-9-28(10-8-27)19(30)6-4-16-13-31-20-26-17(12-29(16)20)14-1-2-14/h3,5,11-14H,1-2,4,6-10H2. The Morgan fingerprint density at radius 2 is 1.94 bits per heavy atom. The van der Waals surface area contributed by atoms with Crippen LogP contribution in [-0.2, 0) is 17.4 Å². The molecule has 1 amide bonds. The lowest BCUT2D eigenvalue weighted by Gasteiger charge is -2.35. The Bertz CT molecular complexity index is 1080. The molecule has 3 aromatic heterocycles. The van der Waals surface area contributed by atoms with Gasteiger partial charge in [-0.3, -0.25) is 9.20 Å². The first-order chi connectivity index (χ1) is 14.9. The molecule has 1 aliphatic carbocycles. The monoisotopic (exact) mass is 449 g/mol. The average Bonchev–Trinajstić information content (AvgIpc) is 3.42. The predicted molar refractivity (Wildman–Crippen MR) is 111 cm³/mol. The predicted octanol–water partition coefficient (Wildman–Crippen LogP) is 3.97. The highest BCUT2D eigenvalue weighted by Gasteiger charge is 2.31. The summed E-state index contributed by atoms with van der Waals surface area (Å²) < 4.78 is 40.2. The summed E-state index contributed by atoms with van der Waals surface area (Å²) in [6.07, 6.45) is 2.11. The highest BCUT2D eigenvalue weighted by atomic mass is 32.1. The quantitative estimate of drug-likeness (QED) is 0.592. The number of aromatic nitrogens is 3. The van der Waals surface area contributed by atoms with Crippen molar-refractivity contribution < 1.29 is 18.0 Å². The van der Waals surface area contributed by atoms with Gasteiger partial charge in [-0.05, 0) is 31.4 Å². The summed E-state index contributed by atoms with van der Waals surface area (Å²) in [5, 5.41) is 2.07. The van der Waals surface area contributed by atoms with Gasteiger partial charge in [0.25, 0.3) is 0 Å². The van der Waals surface area contributed by atoms with Crippen LogP contribution in [0.3, 0.4) is 0 Å². The van der Waals surface area contributed by atoms with Crippen molar-refractivity contribution in [3.8, 4) is 0 Å². The number of fused-ring (bicyclic) bond motifs is 1. The summed E-state index contributed by atoms with van der Waals surface area (Å²) >= 11 is 1.61. The zero-order chi connectivity index (χ0) is 21.6. The SMILES string of the molecule is O=C(CCc1csc2nc(C3CC3)cn12)N1CCN(c2ccc(C(F)(F)F)cn2)CC1. The van der Waals surface area contributed by atoms with Gasteiger partial charge in [-0.1, -0.05) is 0 Å². The number of piperazine rings is 1. The van der Waals surface area contributed by atoms with E-state index >= 15 is 0 Å². The molecule has 0 spiro atoms. The van der Waals surface area contributed by atoms with E-state index in [4.69, 9.17) is 0 Å². The Labute approximate surface area is 181 Å². The minimum Gasteiger partial charge on any atom is -0.353 e. The minimum atomic E-state index is -4.39. The van der Waals surface area contributed by atoms with Gasteiger partial charge in [0.2, 0.25) is 5.91 Å². The second-order valence-corrected chi connectivity index (χ2v) is 8.93. The molecular formula is C21H22F3N5OS. The van der Waals surface area contributed by atoms with Crippen LogP contribution in [-0.4, -0.2) is 51.4 Å². The van der Waals surface area contributed by atoms with E-state index < -0.39 is 11.7 Å². The average molecular weight is 450 g/mol. The molecular weight excluding hydrogens is 427 g/mol. The number of alkyl halides is 3. The molecule has 0 aromatic carbocycles.